The van der Waals surface area contributed by atoms with Crippen molar-refractivity contribution in [2.24, 2.45) is 0 Å². The predicted molar refractivity (Wildman–Crippen MR) is 120 cm³/mol. The van der Waals surface area contributed by atoms with Crippen LogP contribution in [0.25, 0.3) is 0 Å². The Morgan fingerprint density at radius 3 is 1.57 bits per heavy atom. The van der Waals surface area contributed by atoms with Crippen molar-refractivity contribution in [2.75, 3.05) is 19.8 Å². The van der Waals surface area contributed by atoms with E-state index in [4.69, 9.17) is 14.7 Å². The van der Waals surface area contributed by atoms with Crippen molar-refractivity contribution in [1.82, 2.24) is 0 Å². The van der Waals surface area contributed by atoms with Gasteiger partial charge in [0.05, 0.1) is 13.2 Å². The van der Waals surface area contributed by atoms with Crippen molar-refractivity contribution in [3.05, 3.63) is 0 Å². The van der Waals surface area contributed by atoms with Crippen LogP contribution in [0.5, 0.6) is 0 Å². The quantitative estimate of drug-likeness (QED) is 0.120. The zero-order valence-electron chi connectivity index (χ0n) is 18.9. The first kappa shape index (κ1) is 29.5. The topological polar surface area (TPSA) is 113 Å². The standard InChI is InChI=1S/C22H45O7P/c1-2-3-4-5-6-7-8-9-10-11-12-13-14-15-16-17-18-28-19-21(23)20-29-30(26,27)22(24)25/h21,23H,2-20H2,1H3,(H,24,25)(H,26,27). The van der Waals surface area contributed by atoms with Crippen molar-refractivity contribution < 1.29 is 33.7 Å². The maximum atomic E-state index is 11.0. The van der Waals surface area contributed by atoms with Crippen LogP contribution in [-0.4, -0.2) is 46.7 Å². The van der Waals surface area contributed by atoms with E-state index in [0.717, 1.165) is 12.8 Å². The molecular formula is C22H45O7P. The van der Waals surface area contributed by atoms with Crippen LogP contribution in [-0.2, 0) is 13.8 Å². The minimum Gasteiger partial charge on any atom is -0.472 e. The van der Waals surface area contributed by atoms with Gasteiger partial charge in [0.1, 0.15) is 6.10 Å². The van der Waals surface area contributed by atoms with Gasteiger partial charge < -0.3 is 19.8 Å². The molecule has 0 aliphatic heterocycles. The maximum Gasteiger partial charge on any atom is 0.435 e. The highest BCUT2D eigenvalue weighted by Gasteiger charge is 2.30. The van der Waals surface area contributed by atoms with Crippen molar-refractivity contribution in [2.45, 2.75) is 116 Å². The Hall–Kier alpha value is -0.460. The second-order valence-electron chi connectivity index (χ2n) is 8.13. The highest BCUT2D eigenvalue weighted by Crippen LogP contribution is 2.42. The van der Waals surface area contributed by atoms with E-state index in [-0.39, 0.29) is 6.61 Å². The fraction of sp³-hybridized carbons (Fsp3) is 0.955. The number of hydrogen-bond acceptors (Lipinski definition) is 5. The van der Waals surface area contributed by atoms with E-state index in [1.807, 2.05) is 0 Å². The SMILES string of the molecule is CCCCCCCCCCCCCCCCCCOCC(O)COP(=O)(O)C(=O)O. The molecule has 0 aromatic rings. The number of ether oxygens (including phenoxy) is 1. The molecule has 0 rings (SSSR count). The van der Waals surface area contributed by atoms with Crippen LogP contribution in [0.2, 0.25) is 0 Å². The van der Waals surface area contributed by atoms with Gasteiger partial charge in [0.25, 0.3) is 0 Å². The normalized spacial score (nSPS) is 14.5. The van der Waals surface area contributed by atoms with Gasteiger partial charge in [0, 0.05) is 6.61 Å². The second-order valence-corrected chi connectivity index (χ2v) is 9.81. The minimum absolute atomic E-state index is 0.0433. The van der Waals surface area contributed by atoms with E-state index >= 15 is 0 Å². The van der Waals surface area contributed by atoms with Crippen LogP contribution < -0.4 is 0 Å². The van der Waals surface area contributed by atoms with E-state index in [0.29, 0.717) is 6.61 Å². The summed E-state index contributed by atoms with van der Waals surface area (Å²) in [6.07, 6.45) is 19.7. The van der Waals surface area contributed by atoms with Crippen LogP contribution in [0.1, 0.15) is 110 Å². The molecule has 0 amide bonds. The maximum absolute atomic E-state index is 11.0. The van der Waals surface area contributed by atoms with Gasteiger partial charge >= 0.3 is 13.3 Å². The Balaban J connectivity index is 3.24. The van der Waals surface area contributed by atoms with Gasteiger partial charge in [0.15, 0.2) is 0 Å². The van der Waals surface area contributed by atoms with Crippen LogP contribution in [0.15, 0.2) is 0 Å². The third-order valence-corrected chi connectivity index (χ3v) is 6.12. The first-order valence-electron chi connectivity index (χ1n) is 11.9. The molecule has 7 nitrogen and oxygen atoms in total. The number of hydrogen-bond donors (Lipinski definition) is 3. The fourth-order valence-corrected chi connectivity index (χ4v) is 3.75. The zero-order valence-corrected chi connectivity index (χ0v) is 19.8. The lowest BCUT2D eigenvalue weighted by Crippen LogP contribution is -2.22. The summed E-state index contributed by atoms with van der Waals surface area (Å²) < 4.78 is 20.7. The Morgan fingerprint density at radius 1 is 0.767 bits per heavy atom. The molecule has 0 aromatic heterocycles. The lowest BCUT2D eigenvalue weighted by atomic mass is 10.0. The van der Waals surface area contributed by atoms with Crippen molar-refractivity contribution >= 4 is 13.3 Å². The summed E-state index contributed by atoms with van der Waals surface area (Å²) in [6, 6.07) is 0. The summed E-state index contributed by atoms with van der Waals surface area (Å²) in [5.74, 6) is 0. The molecule has 2 unspecified atom stereocenters. The third-order valence-electron chi connectivity index (χ3n) is 5.14. The highest BCUT2D eigenvalue weighted by atomic mass is 31.2. The molecule has 0 bridgehead atoms. The van der Waals surface area contributed by atoms with Crippen LogP contribution in [0.3, 0.4) is 0 Å². The molecular weight excluding hydrogens is 407 g/mol. The average molecular weight is 453 g/mol. The molecule has 0 aliphatic rings. The monoisotopic (exact) mass is 452 g/mol. The van der Waals surface area contributed by atoms with E-state index in [1.54, 1.807) is 0 Å². The Bertz CT molecular complexity index is 445. The van der Waals surface area contributed by atoms with E-state index < -0.39 is 26.0 Å². The molecule has 0 saturated carbocycles. The lowest BCUT2D eigenvalue weighted by molar-refractivity contribution is 0.00899. The molecule has 0 spiro atoms. The van der Waals surface area contributed by atoms with Crippen LogP contribution >= 0.6 is 7.60 Å². The summed E-state index contributed by atoms with van der Waals surface area (Å²) in [5.41, 5.74) is -1.93. The van der Waals surface area contributed by atoms with E-state index in [1.165, 1.54) is 89.9 Å². The van der Waals surface area contributed by atoms with Gasteiger partial charge in [-0.25, -0.2) is 9.36 Å². The van der Waals surface area contributed by atoms with Gasteiger partial charge in [-0.05, 0) is 6.42 Å². The summed E-state index contributed by atoms with van der Waals surface area (Å²) in [6.45, 7) is 2.18. The number of rotatable bonds is 23. The second kappa shape index (κ2) is 20.4. The molecule has 30 heavy (non-hydrogen) atoms. The predicted octanol–water partition coefficient (Wildman–Crippen LogP) is 6.51. The fourth-order valence-electron chi connectivity index (χ4n) is 3.26. The highest BCUT2D eigenvalue weighted by molar-refractivity contribution is 7.70. The number of carboxylic acid groups (broad SMARTS) is 1. The summed E-state index contributed by atoms with van der Waals surface area (Å²) in [5, 5.41) is 18.0. The first-order valence-corrected chi connectivity index (χ1v) is 13.4. The van der Waals surface area contributed by atoms with Crippen LogP contribution in [0, 0.1) is 0 Å². The Morgan fingerprint density at radius 2 is 1.17 bits per heavy atom. The first-order chi connectivity index (χ1) is 14.4. The molecule has 0 aliphatic carbocycles. The number of aliphatic hydroxyl groups excluding tert-OH is 1. The van der Waals surface area contributed by atoms with Crippen molar-refractivity contribution in [3.63, 3.8) is 0 Å². The number of aliphatic hydroxyl groups is 1. The van der Waals surface area contributed by atoms with Gasteiger partial charge in [-0.1, -0.05) is 103 Å². The van der Waals surface area contributed by atoms with Crippen molar-refractivity contribution in [3.8, 4) is 0 Å². The van der Waals surface area contributed by atoms with Crippen LogP contribution in [0.4, 0.5) is 4.79 Å². The smallest absolute Gasteiger partial charge is 0.435 e. The van der Waals surface area contributed by atoms with Gasteiger partial charge in [-0.3, -0.25) is 4.52 Å². The van der Waals surface area contributed by atoms with Crippen molar-refractivity contribution in [1.29, 1.82) is 0 Å². The minimum atomic E-state index is -4.70. The molecule has 0 saturated heterocycles. The molecule has 0 heterocycles. The molecule has 0 aromatic carbocycles. The average Bonchev–Trinajstić information content (AvgIpc) is 2.71. The molecule has 2 atom stereocenters. The van der Waals surface area contributed by atoms with E-state index in [2.05, 4.69) is 11.4 Å². The largest absolute Gasteiger partial charge is 0.472 e. The number of carbonyl (C=O) groups is 1. The molecule has 0 radical (unpaired) electrons. The van der Waals surface area contributed by atoms with Gasteiger partial charge in [-0.15, -0.1) is 0 Å². The molecule has 8 heteroatoms. The summed E-state index contributed by atoms with van der Waals surface area (Å²) in [4.78, 5) is 19.4. The number of unbranched alkanes of at least 4 members (excludes halogenated alkanes) is 15. The van der Waals surface area contributed by atoms with Gasteiger partial charge in [0.2, 0.25) is 0 Å². The Kier molecular flexibility index (Phi) is 20.1. The zero-order chi connectivity index (χ0) is 22.5. The molecule has 180 valence electrons. The van der Waals surface area contributed by atoms with E-state index in [9.17, 15) is 14.5 Å². The summed E-state index contributed by atoms with van der Waals surface area (Å²) >= 11 is 0. The van der Waals surface area contributed by atoms with Gasteiger partial charge in [-0.2, -0.15) is 0 Å². The third kappa shape index (κ3) is 19.5. The summed E-state index contributed by atoms with van der Waals surface area (Å²) in [7, 11) is -4.70. The molecule has 0 fully saturated rings. The lowest BCUT2D eigenvalue weighted by Gasteiger charge is -2.13. The molecule has 3 N–H and O–H groups in total. The Labute approximate surface area is 183 Å².